The molecular weight excluding hydrogens is 412 g/mol. The van der Waals surface area contributed by atoms with E-state index in [1.165, 1.54) is 11.3 Å². The molecule has 2 aromatic rings. The summed E-state index contributed by atoms with van der Waals surface area (Å²) in [5, 5.41) is 9.74. The highest BCUT2D eigenvalue weighted by molar-refractivity contribution is 7.13. The molecule has 1 amide bonds. The van der Waals surface area contributed by atoms with Gasteiger partial charge in [-0.1, -0.05) is 23.2 Å². The van der Waals surface area contributed by atoms with Gasteiger partial charge in [0, 0.05) is 28.6 Å². The van der Waals surface area contributed by atoms with Gasteiger partial charge in [0.1, 0.15) is 5.01 Å². The molecule has 2 rings (SSSR count). The Morgan fingerprint density at radius 3 is 2.67 bits per heavy atom. The van der Waals surface area contributed by atoms with E-state index in [9.17, 15) is 4.79 Å². The van der Waals surface area contributed by atoms with Gasteiger partial charge in [-0.3, -0.25) is 4.79 Å². The fourth-order valence-corrected chi connectivity index (χ4v) is 3.18. The van der Waals surface area contributed by atoms with Crippen LogP contribution in [0.4, 0.5) is 0 Å². The molecular formula is C15H19Cl4N3OS. The lowest BCUT2D eigenvalue weighted by Crippen LogP contribution is -2.37. The summed E-state index contributed by atoms with van der Waals surface area (Å²) in [4.78, 5) is 16.3. The minimum Gasteiger partial charge on any atom is -0.354 e. The summed E-state index contributed by atoms with van der Waals surface area (Å²) < 4.78 is 0. The standard InChI is InChI=1S/C15H17Cl2N3OS.2ClH/c1-9(18-2)7-19-14(21)6-11-8-22-15(20-11)12-4-3-10(16)5-13(12)17;;/h3-5,8-9,18H,6-7H2,1-2H3,(H,19,21);2*1H. The number of nitrogens with one attached hydrogen (secondary N) is 2. The van der Waals surface area contributed by atoms with Crippen molar-refractivity contribution in [1.82, 2.24) is 15.6 Å². The molecule has 1 aromatic carbocycles. The lowest BCUT2D eigenvalue weighted by molar-refractivity contribution is -0.120. The number of nitrogens with zero attached hydrogens (tertiary/aromatic N) is 1. The Labute approximate surface area is 168 Å². The van der Waals surface area contributed by atoms with Crippen LogP contribution in [0.15, 0.2) is 23.6 Å². The van der Waals surface area contributed by atoms with Crippen LogP contribution in [0.5, 0.6) is 0 Å². The summed E-state index contributed by atoms with van der Waals surface area (Å²) in [6, 6.07) is 5.53. The maximum Gasteiger partial charge on any atom is 0.226 e. The van der Waals surface area contributed by atoms with Gasteiger partial charge in [0.15, 0.2) is 0 Å². The highest BCUT2D eigenvalue weighted by Crippen LogP contribution is 2.32. The number of rotatable bonds is 6. The number of carbonyl (C=O) groups is 1. The van der Waals surface area contributed by atoms with Crippen molar-refractivity contribution in [2.75, 3.05) is 13.6 Å². The molecule has 2 N–H and O–H groups in total. The van der Waals surface area contributed by atoms with Crippen LogP contribution in [0.1, 0.15) is 12.6 Å². The number of hydrogen-bond donors (Lipinski definition) is 2. The van der Waals surface area contributed by atoms with Gasteiger partial charge in [0.25, 0.3) is 0 Å². The third kappa shape index (κ3) is 6.75. The minimum absolute atomic E-state index is 0. The molecule has 0 bridgehead atoms. The summed E-state index contributed by atoms with van der Waals surface area (Å²) >= 11 is 13.5. The summed E-state index contributed by atoms with van der Waals surface area (Å²) in [5.74, 6) is -0.0406. The molecule has 1 atom stereocenters. The van der Waals surface area contributed by atoms with Crippen LogP contribution in [-0.2, 0) is 11.2 Å². The predicted octanol–water partition coefficient (Wildman–Crippen LogP) is 4.23. The van der Waals surface area contributed by atoms with E-state index in [1.54, 1.807) is 12.1 Å². The molecule has 4 nitrogen and oxygen atoms in total. The van der Waals surface area contributed by atoms with Crippen molar-refractivity contribution in [1.29, 1.82) is 0 Å². The van der Waals surface area contributed by atoms with Crippen LogP contribution in [-0.4, -0.2) is 30.5 Å². The lowest BCUT2D eigenvalue weighted by Gasteiger charge is -2.10. The van der Waals surface area contributed by atoms with Gasteiger partial charge in [-0.15, -0.1) is 36.2 Å². The molecule has 1 unspecified atom stereocenters. The van der Waals surface area contributed by atoms with Crippen LogP contribution in [0.3, 0.4) is 0 Å². The van der Waals surface area contributed by atoms with E-state index < -0.39 is 0 Å². The molecule has 1 heterocycles. The van der Waals surface area contributed by atoms with Crippen LogP contribution >= 0.6 is 59.4 Å². The zero-order valence-corrected chi connectivity index (χ0v) is 17.1. The van der Waals surface area contributed by atoms with Gasteiger partial charge < -0.3 is 10.6 Å². The number of thiazole rings is 1. The fourth-order valence-electron chi connectivity index (χ4n) is 1.77. The normalized spacial score (nSPS) is 11.2. The van der Waals surface area contributed by atoms with E-state index in [1.807, 2.05) is 25.4 Å². The first-order valence-corrected chi connectivity index (χ1v) is 8.47. The summed E-state index contributed by atoms with van der Waals surface area (Å²) in [7, 11) is 1.86. The van der Waals surface area contributed by atoms with Crippen LogP contribution in [0, 0.1) is 0 Å². The van der Waals surface area contributed by atoms with Gasteiger partial charge in [-0.2, -0.15) is 0 Å². The molecule has 9 heteroatoms. The molecule has 0 aliphatic rings. The van der Waals surface area contributed by atoms with E-state index in [0.717, 1.165) is 16.3 Å². The Morgan fingerprint density at radius 2 is 2.04 bits per heavy atom. The molecule has 0 radical (unpaired) electrons. The molecule has 0 aliphatic carbocycles. The average molecular weight is 431 g/mol. The minimum atomic E-state index is -0.0406. The van der Waals surface area contributed by atoms with E-state index in [-0.39, 0.29) is 43.2 Å². The highest BCUT2D eigenvalue weighted by atomic mass is 35.5. The van der Waals surface area contributed by atoms with Gasteiger partial charge in [0.05, 0.1) is 17.1 Å². The monoisotopic (exact) mass is 429 g/mol. The van der Waals surface area contributed by atoms with Crippen molar-refractivity contribution in [3.8, 4) is 10.6 Å². The lowest BCUT2D eigenvalue weighted by atomic mass is 10.2. The van der Waals surface area contributed by atoms with E-state index in [4.69, 9.17) is 23.2 Å². The molecule has 134 valence electrons. The molecule has 0 aliphatic heterocycles. The second kappa shape index (κ2) is 11.1. The molecule has 0 saturated carbocycles. The summed E-state index contributed by atoms with van der Waals surface area (Å²) in [5.41, 5.74) is 1.56. The second-order valence-electron chi connectivity index (χ2n) is 4.94. The van der Waals surface area contributed by atoms with E-state index in [2.05, 4.69) is 15.6 Å². The first kappa shape index (κ1) is 23.4. The number of carbonyl (C=O) groups excluding carboxylic acids is 1. The maximum atomic E-state index is 11.9. The number of aromatic nitrogens is 1. The van der Waals surface area contributed by atoms with Crippen molar-refractivity contribution in [3.63, 3.8) is 0 Å². The number of amides is 1. The first-order valence-electron chi connectivity index (χ1n) is 6.83. The summed E-state index contributed by atoms with van der Waals surface area (Å²) in [6.07, 6.45) is 0.262. The van der Waals surface area contributed by atoms with Gasteiger partial charge >= 0.3 is 0 Å². The molecule has 0 fully saturated rings. The van der Waals surface area contributed by atoms with E-state index >= 15 is 0 Å². The third-order valence-corrected chi connectivity index (χ3v) is 4.63. The van der Waals surface area contributed by atoms with E-state index in [0.29, 0.717) is 16.6 Å². The zero-order valence-electron chi connectivity index (χ0n) is 13.1. The topological polar surface area (TPSA) is 54.0 Å². The van der Waals surface area contributed by atoms with Crippen molar-refractivity contribution >= 4 is 65.3 Å². The third-order valence-electron chi connectivity index (χ3n) is 3.15. The Kier molecular flexibility index (Phi) is 10.9. The smallest absolute Gasteiger partial charge is 0.226 e. The van der Waals surface area contributed by atoms with Crippen LogP contribution in [0.2, 0.25) is 10.0 Å². The highest BCUT2D eigenvalue weighted by Gasteiger charge is 2.12. The van der Waals surface area contributed by atoms with Crippen molar-refractivity contribution in [2.24, 2.45) is 0 Å². The number of likely N-dealkylation sites (N-methyl/N-ethyl adjacent to an activating group) is 1. The zero-order chi connectivity index (χ0) is 16.1. The largest absolute Gasteiger partial charge is 0.354 e. The number of benzene rings is 1. The maximum absolute atomic E-state index is 11.9. The van der Waals surface area contributed by atoms with Crippen LogP contribution in [0.25, 0.3) is 10.6 Å². The Morgan fingerprint density at radius 1 is 1.33 bits per heavy atom. The molecule has 0 spiro atoms. The molecule has 1 aromatic heterocycles. The summed E-state index contributed by atoms with van der Waals surface area (Å²) in [6.45, 7) is 2.60. The van der Waals surface area contributed by atoms with Crippen molar-refractivity contribution < 1.29 is 4.79 Å². The quantitative estimate of drug-likeness (QED) is 0.720. The Balaban J connectivity index is 0.00000264. The first-order chi connectivity index (χ1) is 10.5. The Hall–Kier alpha value is -0.560. The van der Waals surface area contributed by atoms with Crippen molar-refractivity contribution in [2.45, 2.75) is 19.4 Å². The fraction of sp³-hybridized carbons (Fsp3) is 0.333. The van der Waals surface area contributed by atoms with Gasteiger partial charge in [-0.05, 0) is 32.2 Å². The predicted molar refractivity (Wildman–Crippen MR) is 107 cm³/mol. The second-order valence-corrected chi connectivity index (χ2v) is 6.64. The molecule has 24 heavy (non-hydrogen) atoms. The Bertz CT molecular complexity index is 666. The van der Waals surface area contributed by atoms with Crippen molar-refractivity contribution in [3.05, 3.63) is 39.3 Å². The average Bonchev–Trinajstić information content (AvgIpc) is 2.92. The van der Waals surface area contributed by atoms with Crippen LogP contribution < -0.4 is 10.6 Å². The van der Waals surface area contributed by atoms with Gasteiger partial charge in [-0.25, -0.2) is 4.98 Å². The van der Waals surface area contributed by atoms with Gasteiger partial charge in [0.2, 0.25) is 5.91 Å². The number of hydrogen-bond acceptors (Lipinski definition) is 4. The molecule has 0 saturated heterocycles. The number of halogens is 4. The SMILES string of the molecule is CNC(C)CNC(=O)Cc1csc(-c2ccc(Cl)cc2Cl)n1.Cl.Cl.